The van der Waals surface area contributed by atoms with Crippen molar-refractivity contribution in [3.05, 3.63) is 87.8 Å². The molecule has 0 saturated heterocycles. The van der Waals surface area contributed by atoms with Gasteiger partial charge in [0, 0.05) is 37.1 Å². The fourth-order valence-corrected chi connectivity index (χ4v) is 5.04. The van der Waals surface area contributed by atoms with E-state index in [-0.39, 0.29) is 29.3 Å². The van der Waals surface area contributed by atoms with Gasteiger partial charge in [-0.2, -0.15) is 4.98 Å². The van der Waals surface area contributed by atoms with Crippen LogP contribution in [0.1, 0.15) is 53.5 Å². The van der Waals surface area contributed by atoms with Crippen LogP contribution in [0.5, 0.6) is 0 Å². The van der Waals surface area contributed by atoms with Gasteiger partial charge in [-0.25, -0.2) is 9.78 Å². The number of aromatic amines is 1. The zero-order valence-electron chi connectivity index (χ0n) is 24.2. The first-order chi connectivity index (χ1) is 20.5. The molecule has 0 radical (unpaired) electrons. The molecule has 0 atom stereocenters. The van der Waals surface area contributed by atoms with E-state index < -0.39 is 11.6 Å². The van der Waals surface area contributed by atoms with E-state index in [0.717, 1.165) is 5.56 Å². The molecule has 0 aliphatic carbocycles. The number of benzene rings is 2. The second kappa shape index (κ2) is 11.9. The van der Waals surface area contributed by atoms with E-state index in [9.17, 15) is 24.3 Å². The molecule has 2 aromatic carbocycles. The Morgan fingerprint density at radius 2 is 1.72 bits per heavy atom. The summed E-state index contributed by atoms with van der Waals surface area (Å²) in [4.78, 5) is 64.2. The normalized spacial score (nSPS) is 12.9. The molecule has 5 rings (SSSR count). The number of imide groups is 1. The fraction of sp³-hybridized carbons (Fsp3) is 0.290. The van der Waals surface area contributed by atoms with E-state index >= 15 is 0 Å². The number of carboxylic acid groups (broad SMARTS) is 1. The van der Waals surface area contributed by atoms with Crippen LogP contribution in [-0.2, 0) is 6.42 Å². The molecule has 12 heteroatoms. The smallest absolute Gasteiger partial charge is 0.407 e. The second-order valence-electron chi connectivity index (χ2n) is 11.2. The first-order valence-corrected chi connectivity index (χ1v) is 14.0. The molecule has 4 aromatic rings. The van der Waals surface area contributed by atoms with Crippen LogP contribution in [0.4, 0.5) is 22.2 Å². The minimum absolute atomic E-state index is 0.231. The molecular formula is C31H33N7O5. The van der Waals surface area contributed by atoms with Gasteiger partial charge >= 0.3 is 6.09 Å². The lowest BCUT2D eigenvalue weighted by molar-refractivity contribution is 0.0655. The van der Waals surface area contributed by atoms with E-state index in [2.05, 4.69) is 25.6 Å². The summed E-state index contributed by atoms with van der Waals surface area (Å²) in [7, 11) is 0. The zero-order chi connectivity index (χ0) is 30.7. The van der Waals surface area contributed by atoms with Gasteiger partial charge < -0.3 is 25.6 Å². The summed E-state index contributed by atoms with van der Waals surface area (Å²) >= 11 is 0. The van der Waals surface area contributed by atoms with Crippen molar-refractivity contribution in [2.24, 2.45) is 0 Å². The van der Waals surface area contributed by atoms with Gasteiger partial charge in [-0.05, 0) is 69.5 Å². The van der Waals surface area contributed by atoms with Crippen LogP contribution >= 0.6 is 0 Å². The Hall–Kier alpha value is -5.26. The lowest BCUT2D eigenvalue weighted by Gasteiger charge is -2.33. The van der Waals surface area contributed by atoms with E-state index in [1.807, 2.05) is 45.0 Å². The number of carbonyl (C=O) groups excluding carboxylic acids is 2. The third-order valence-electron chi connectivity index (χ3n) is 7.19. The quantitative estimate of drug-likeness (QED) is 0.156. The van der Waals surface area contributed by atoms with Crippen molar-refractivity contribution in [2.75, 3.05) is 30.3 Å². The van der Waals surface area contributed by atoms with Gasteiger partial charge in [-0.3, -0.25) is 19.3 Å². The van der Waals surface area contributed by atoms with Crippen LogP contribution in [0, 0.1) is 0 Å². The zero-order valence-corrected chi connectivity index (χ0v) is 24.2. The molecule has 3 amide bonds. The molecule has 3 heterocycles. The standard InChI is InChI=1S/C31H33N7O5/c1-31(2,3)38(30(42)43)16-7-14-33-29-35-23-12-15-32-26(39)24(23)25(36-29)34-20-9-6-8-19(18-20)13-17-37-27(40)21-10-4-5-11-22(21)28(37)41/h4-6,8-12,15,18H,7,13-14,16-17H2,1-3H3,(H,32,39)(H,42,43)(H2,33,34,35,36). The maximum Gasteiger partial charge on any atom is 0.407 e. The summed E-state index contributed by atoms with van der Waals surface area (Å²) in [6.07, 6.45) is 1.50. The highest BCUT2D eigenvalue weighted by atomic mass is 16.4. The first-order valence-electron chi connectivity index (χ1n) is 14.0. The number of amides is 3. The minimum Gasteiger partial charge on any atom is -0.465 e. The van der Waals surface area contributed by atoms with Gasteiger partial charge in [0.05, 0.1) is 16.6 Å². The molecule has 222 valence electrons. The summed E-state index contributed by atoms with van der Waals surface area (Å²) < 4.78 is 0. The van der Waals surface area contributed by atoms with E-state index in [4.69, 9.17) is 0 Å². The molecule has 0 saturated carbocycles. The molecule has 2 aromatic heterocycles. The lowest BCUT2D eigenvalue weighted by Crippen LogP contribution is -2.45. The topological polar surface area (TPSA) is 161 Å². The largest absolute Gasteiger partial charge is 0.465 e. The van der Waals surface area contributed by atoms with Crippen molar-refractivity contribution in [3.8, 4) is 0 Å². The average molecular weight is 584 g/mol. The van der Waals surface area contributed by atoms with Crippen LogP contribution in [0.25, 0.3) is 10.9 Å². The Labute approximate surface area is 247 Å². The lowest BCUT2D eigenvalue weighted by atomic mass is 10.1. The molecule has 0 spiro atoms. The predicted molar refractivity (Wildman–Crippen MR) is 163 cm³/mol. The van der Waals surface area contributed by atoms with Crippen LogP contribution in [-0.4, -0.2) is 72.9 Å². The second-order valence-corrected chi connectivity index (χ2v) is 11.2. The van der Waals surface area contributed by atoms with Crippen LogP contribution in [0.2, 0.25) is 0 Å². The average Bonchev–Trinajstić information content (AvgIpc) is 3.20. The first kappa shape index (κ1) is 29.2. The van der Waals surface area contributed by atoms with Gasteiger partial charge in [0.1, 0.15) is 11.2 Å². The molecule has 12 nitrogen and oxygen atoms in total. The molecule has 1 aliphatic heterocycles. The number of hydrogen-bond donors (Lipinski definition) is 4. The van der Waals surface area contributed by atoms with E-state index in [1.54, 1.807) is 30.3 Å². The van der Waals surface area contributed by atoms with Crippen molar-refractivity contribution in [2.45, 2.75) is 39.2 Å². The van der Waals surface area contributed by atoms with Gasteiger partial charge in [0.25, 0.3) is 17.4 Å². The minimum atomic E-state index is -0.980. The van der Waals surface area contributed by atoms with Crippen LogP contribution in [0.15, 0.2) is 65.6 Å². The molecule has 1 aliphatic rings. The summed E-state index contributed by atoms with van der Waals surface area (Å²) in [5, 5.41) is 16.2. The Morgan fingerprint density at radius 3 is 2.40 bits per heavy atom. The number of H-pyrrole nitrogens is 1. The van der Waals surface area contributed by atoms with E-state index in [0.29, 0.717) is 60.0 Å². The van der Waals surface area contributed by atoms with Gasteiger partial charge in [0.15, 0.2) is 0 Å². The molecule has 0 fully saturated rings. The van der Waals surface area contributed by atoms with Crippen molar-refractivity contribution in [3.63, 3.8) is 0 Å². The maximum absolute atomic E-state index is 12.7. The van der Waals surface area contributed by atoms with Crippen molar-refractivity contribution in [1.82, 2.24) is 24.8 Å². The maximum atomic E-state index is 12.7. The number of anilines is 3. The Balaban J connectivity index is 1.30. The van der Waals surface area contributed by atoms with Crippen LogP contribution < -0.4 is 16.2 Å². The number of rotatable bonds is 10. The Kier molecular flexibility index (Phi) is 8.11. The number of pyridine rings is 1. The third kappa shape index (κ3) is 6.32. The molecule has 4 N–H and O–H groups in total. The highest BCUT2D eigenvalue weighted by Gasteiger charge is 2.34. The van der Waals surface area contributed by atoms with Gasteiger partial charge in [-0.1, -0.05) is 24.3 Å². The summed E-state index contributed by atoms with van der Waals surface area (Å²) in [5.41, 5.74) is 1.94. The SMILES string of the molecule is CC(C)(C)N(CCCNc1nc(Nc2cccc(CCN3C(=O)c4ccccc4C3=O)c2)c2c(=O)[nH]ccc2n1)C(=O)O. The fourth-order valence-electron chi connectivity index (χ4n) is 5.04. The van der Waals surface area contributed by atoms with E-state index in [1.165, 1.54) is 16.0 Å². The number of hydrogen-bond acceptors (Lipinski definition) is 8. The number of nitrogens with zero attached hydrogens (tertiary/aromatic N) is 4. The molecule has 0 unspecified atom stereocenters. The summed E-state index contributed by atoms with van der Waals surface area (Å²) in [5.74, 6) is 0.0000398. The number of aromatic nitrogens is 3. The van der Waals surface area contributed by atoms with Gasteiger partial charge in [0.2, 0.25) is 5.95 Å². The van der Waals surface area contributed by atoms with Gasteiger partial charge in [-0.15, -0.1) is 0 Å². The number of carbonyl (C=O) groups is 3. The molecular weight excluding hydrogens is 550 g/mol. The van der Waals surface area contributed by atoms with Crippen LogP contribution in [0.3, 0.4) is 0 Å². The van der Waals surface area contributed by atoms with Crippen molar-refractivity contribution < 1.29 is 19.5 Å². The predicted octanol–water partition coefficient (Wildman–Crippen LogP) is 4.48. The molecule has 0 bridgehead atoms. The summed E-state index contributed by atoms with van der Waals surface area (Å²) in [6.45, 7) is 6.51. The summed E-state index contributed by atoms with van der Waals surface area (Å²) in [6, 6.07) is 15.9. The highest BCUT2D eigenvalue weighted by molar-refractivity contribution is 6.21. The third-order valence-corrected chi connectivity index (χ3v) is 7.19. The molecule has 43 heavy (non-hydrogen) atoms. The van der Waals surface area contributed by atoms with Crippen molar-refractivity contribution in [1.29, 1.82) is 0 Å². The monoisotopic (exact) mass is 583 g/mol. The number of fused-ring (bicyclic) bond motifs is 2. The van der Waals surface area contributed by atoms with Crippen molar-refractivity contribution >= 4 is 46.3 Å². The highest BCUT2D eigenvalue weighted by Crippen LogP contribution is 2.25. The Morgan fingerprint density at radius 1 is 1.00 bits per heavy atom. The number of nitrogens with one attached hydrogen (secondary N) is 3. The Bertz CT molecular complexity index is 1730.